The fourth-order valence-corrected chi connectivity index (χ4v) is 2.11. The summed E-state index contributed by atoms with van der Waals surface area (Å²) >= 11 is 0. The van der Waals surface area contributed by atoms with Crippen LogP contribution in [0.15, 0.2) is 41.0 Å². The molecule has 0 spiro atoms. The highest BCUT2D eigenvalue weighted by molar-refractivity contribution is 6.03. The van der Waals surface area contributed by atoms with Crippen molar-refractivity contribution >= 4 is 17.5 Å². The van der Waals surface area contributed by atoms with Gasteiger partial charge in [-0.1, -0.05) is 6.07 Å². The molecule has 0 radical (unpaired) electrons. The van der Waals surface area contributed by atoms with Gasteiger partial charge in [-0.15, -0.1) is 0 Å². The van der Waals surface area contributed by atoms with Crippen LogP contribution >= 0.6 is 0 Å². The Hall–Kier alpha value is -2.60. The summed E-state index contributed by atoms with van der Waals surface area (Å²) in [7, 11) is 0. The highest BCUT2D eigenvalue weighted by Crippen LogP contribution is 2.18. The van der Waals surface area contributed by atoms with Gasteiger partial charge >= 0.3 is 0 Å². The number of ether oxygens (including phenoxy) is 1. The van der Waals surface area contributed by atoms with E-state index in [0.29, 0.717) is 31.0 Å². The van der Waals surface area contributed by atoms with Crippen molar-refractivity contribution in [1.82, 2.24) is 5.32 Å². The van der Waals surface area contributed by atoms with Crippen LogP contribution in [0.2, 0.25) is 0 Å². The normalized spacial score (nSPS) is 10.4. The molecule has 24 heavy (non-hydrogen) atoms. The molecule has 2 rings (SSSR count). The second kappa shape index (κ2) is 8.88. The first-order valence-electron chi connectivity index (χ1n) is 7.93. The fourth-order valence-electron chi connectivity index (χ4n) is 2.11. The Bertz CT molecular complexity index is 680. The lowest BCUT2D eigenvalue weighted by Crippen LogP contribution is -2.25. The molecule has 0 fully saturated rings. The summed E-state index contributed by atoms with van der Waals surface area (Å²) < 4.78 is 10.3. The molecule has 0 atom stereocenters. The standard InChI is InChI=1S/C18H22N2O4/c1-3-23-10-5-9-19-17(21)14-8-7-13(2)15(12-14)20-18(22)16-6-4-11-24-16/h4,6-8,11-12H,3,5,9-10H2,1-2H3,(H,19,21)(H,20,22). The number of hydrogen-bond acceptors (Lipinski definition) is 4. The quantitative estimate of drug-likeness (QED) is 0.729. The molecule has 128 valence electrons. The Kier molecular flexibility index (Phi) is 6.57. The first kappa shape index (κ1) is 17.7. The minimum Gasteiger partial charge on any atom is -0.459 e. The summed E-state index contributed by atoms with van der Waals surface area (Å²) in [6, 6.07) is 8.42. The van der Waals surface area contributed by atoms with Crippen molar-refractivity contribution in [3.05, 3.63) is 53.5 Å². The number of benzene rings is 1. The minimum absolute atomic E-state index is 0.181. The van der Waals surface area contributed by atoms with Gasteiger partial charge in [0.1, 0.15) is 0 Å². The van der Waals surface area contributed by atoms with Gasteiger partial charge in [-0.05, 0) is 50.1 Å². The van der Waals surface area contributed by atoms with Crippen LogP contribution < -0.4 is 10.6 Å². The zero-order chi connectivity index (χ0) is 17.4. The van der Waals surface area contributed by atoms with Crippen LogP contribution in [0.5, 0.6) is 0 Å². The van der Waals surface area contributed by atoms with E-state index in [2.05, 4.69) is 10.6 Å². The van der Waals surface area contributed by atoms with Crippen molar-refractivity contribution in [3.63, 3.8) is 0 Å². The predicted octanol–water partition coefficient (Wildman–Crippen LogP) is 3.00. The van der Waals surface area contributed by atoms with Crippen LogP contribution in [-0.4, -0.2) is 31.6 Å². The molecule has 1 aromatic carbocycles. The molecular formula is C18H22N2O4. The number of hydrogen-bond donors (Lipinski definition) is 2. The highest BCUT2D eigenvalue weighted by Gasteiger charge is 2.12. The van der Waals surface area contributed by atoms with Crippen molar-refractivity contribution in [2.75, 3.05) is 25.1 Å². The van der Waals surface area contributed by atoms with Crippen LogP contribution in [0.3, 0.4) is 0 Å². The summed E-state index contributed by atoms with van der Waals surface area (Å²) in [5.74, 6) is -0.308. The second-order valence-corrected chi connectivity index (χ2v) is 5.27. The number of rotatable bonds is 8. The summed E-state index contributed by atoms with van der Waals surface area (Å²) in [5, 5.41) is 5.59. The molecule has 2 amide bonds. The van der Waals surface area contributed by atoms with Crippen molar-refractivity contribution in [2.24, 2.45) is 0 Å². The summed E-state index contributed by atoms with van der Waals surface area (Å²) in [6.07, 6.45) is 2.20. The molecule has 2 aromatic rings. The molecule has 6 nitrogen and oxygen atoms in total. The highest BCUT2D eigenvalue weighted by atomic mass is 16.5. The molecule has 0 unspecified atom stereocenters. The van der Waals surface area contributed by atoms with Gasteiger partial charge in [0.25, 0.3) is 11.8 Å². The van der Waals surface area contributed by atoms with Gasteiger partial charge in [-0.25, -0.2) is 0 Å². The Labute approximate surface area is 141 Å². The number of furan rings is 1. The molecule has 0 aliphatic heterocycles. The minimum atomic E-state index is -0.350. The van der Waals surface area contributed by atoms with Gasteiger partial charge in [0.15, 0.2) is 5.76 Å². The van der Waals surface area contributed by atoms with Crippen molar-refractivity contribution < 1.29 is 18.7 Å². The number of carbonyl (C=O) groups excluding carboxylic acids is 2. The Morgan fingerprint density at radius 3 is 2.75 bits per heavy atom. The molecule has 2 N–H and O–H groups in total. The maximum absolute atomic E-state index is 12.2. The van der Waals surface area contributed by atoms with Crippen LogP contribution in [0.25, 0.3) is 0 Å². The van der Waals surface area contributed by atoms with E-state index in [1.165, 1.54) is 6.26 Å². The van der Waals surface area contributed by atoms with Gasteiger partial charge in [0.2, 0.25) is 0 Å². The maximum atomic E-state index is 12.2. The molecule has 1 heterocycles. The maximum Gasteiger partial charge on any atom is 0.291 e. The Morgan fingerprint density at radius 2 is 2.04 bits per heavy atom. The van der Waals surface area contributed by atoms with Crippen LogP contribution in [0.1, 0.15) is 39.8 Å². The lowest BCUT2D eigenvalue weighted by Gasteiger charge is -2.10. The van der Waals surface area contributed by atoms with Gasteiger partial charge in [0, 0.05) is 31.0 Å². The van der Waals surface area contributed by atoms with E-state index in [0.717, 1.165) is 12.0 Å². The van der Waals surface area contributed by atoms with E-state index >= 15 is 0 Å². The van der Waals surface area contributed by atoms with Crippen LogP contribution in [0, 0.1) is 6.92 Å². The predicted molar refractivity (Wildman–Crippen MR) is 91.3 cm³/mol. The molecule has 6 heteroatoms. The molecule has 0 saturated carbocycles. The smallest absolute Gasteiger partial charge is 0.291 e. The van der Waals surface area contributed by atoms with E-state index in [1.807, 2.05) is 13.8 Å². The van der Waals surface area contributed by atoms with Crippen LogP contribution in [-0.2, 0) is 4.74 Å². The fraction of sp³-hybridized carbons (Fsp3) is 0.333. The van der Waals surface area contributed by atoms with Gasteiger partial charge in [0.05, 0.1) is 6.26 Å². The number of aryl methyl sites for hydroxylation is 1. The monoisotopic (exact) mass is 330 g/mol. The number of carbonyl (C=O) groups is 2. The van der Waals surface area contributed by atoms with Crippen molar-refractivity contribution in [1.29, 1.82) is 0 Å². The van der Waals surface area contributed by atoms with E-state index in [-0.39, 0.29) is 17.6 Å². The molecule has 0 bridgehead atoms. The zero-order valence-electron chi connectivity index (χ0n) is 13.9. The van der Waals surface area contributed by atoms with E-state index in [9.17, 15) is 9.59 Å². The lowest BCUT2D eigenvalue weighted by atomic mass is 10.1. The first-order valence-corrected chi connectivity index (χ1v) is 7.93. The first-order chi connectivity index (χ1) is 11.6. The number of amides is 2. The lowest BCUT2D eigenvalue weighted by molar-refractivity contribution is 0.0942. The SMILES string of the molecule is CCOCCCNC(=O)c1ccc(C)c(NC(=O)c2ccco2)c1. The van der Waals surface area contributed by atoms with Crippen LogP contribution in [0.4, 0.5) is 5.69 Å². The van der Waals surface area contributed by atoms with Gasteiger partial charge < -0.3 is 19.8 Å². The average Bonchev–Trinajstić information content (AvgIpc) is 3.11. The topological polar surface area (TPSA) is 80.6 Å². The van der Waals surface area contributed by atoms with Gasteiger partial charge in [-0.2, -0.15) is 0 Å². The average molecular weight is 330 g/mol. The molecule has 0 aliphatic carbocycles. The third kappa shape index (κ3) is 4.96. The molecule has 0 saturated heterocycles. The summed E-state index contributed by atoms with van der Waals surface area (Å²) in [4.78, 5) is 24.2. The number of anilines is 1. The largest absolute Gasteiger partial charge is 0.459 e. The van der Waals surface area contributed by atoms with E-state index < -0.39 is 0 Å². The Balaban J connectivity index is 1.97. The van der Waals surface area contributed by atoms with E-state index in [4.69, 9.17) is 9.15 Å². The van der Waals surface area contributed by atoms with E-state index in [1.54, 1.807) is 30.3 Å². The summed E-state index contributed by atoms with van der Waals surface area (Å²) in [6.45, 7) is 5.63. The second-order valence-electron chi connectivity index (χ2n) is 5.27. The molecule has 1 aromatic heterocycles. The molecule has 0 aliphatic rings. The zero-order valence-corrected chi connectivity index (χ0v) is 13.9. The molecular weight excluding hydrogens is 308 g/mol. The van der Waals surface area contributed by atoms with Gasteiger partial charge in [-0.3, -0.25) is 9.59 Å². The third-order valence-electron chi connectivity index (χ3n) is 3.45. The summed E-state index contributed by atoms with van der Waals surface area (Å²) in [5.41, 5.74) is 1.94. The Morgan fingerprint density at radius 1 is 1.21 bits per heavy atom. The number of nitrogens with one attached hydrogen (secondary N) is 2. The van der Waals surface area contributed by atoms with Crippen molar-refractivity contribution in [2.45, 2.75) is 20.3 Å². The third-order valence-corrected chi connectivity index (χ3v) is 3.45. The van der Waals surface area contributed by atoms with Crippen molar-refractivity contribution in [3.8, 4) is 0 Å².